The lowest BCUT2D eigenvalue weighted by Crippen LogP contribution is -2.25. The van der Waals surface area contributed by atoms with E-state index in [9.17, 15) is 4.79 Å². The van der Waals surface area contributed by atoms with Gasteiger partial charge < -0.3 is 10.4 Å². The third-order valence-electron chi connectivity index (χ3n) is 3.45. The molecule has 1 aromatic heterocycles. The molecule has 1 unspecified atom stereocenters. The molecular formula is C15H19N3O2. The van der Waals surface area contributed by atoms with Crippen molar-refractivity contribution in [3.8, 4) is 0 Å². The molecule has 2 N–H and O–H groups in total. The van der Waals surface area contributed by atoms with E-state index in [0.29, 0.717) is 17.5 Å². The molecule has 20 heavy (non-hydrogen) atoms. The van der Waals surface area contributed by atoms with Crippen LogP contribution in [0.4, 0.5) is 5.82 Å². The number of hydrogen-bond donors (Lipinski definition) is 2. The van der Waals surface area contributed by atoms with E-state index in [1.54, 1.807) is 18.2 Å². The number of carbonyl (C=O) groups is 1. The Bertz CT molecular complexity index is 626. The summed E-state index contributed by atoms with van der Waals surface area (Å²) in [5.41, 5.74) is 0.874. The summed E-state index contributed by atoms with van der Waals surface area (Å²) in [5, 5.41) is 13.3. The van der Waals surface area contributed by atoms with Crippen molar-refractivity contribution >= 4 is 22.7 Å². The zero-order valence-electron chi connectivity index (χ0n) is 11.9. The molecule has 0 saturated carbocycles. The Kier molecular flexibility index (Phi) is 4.17. The molecule has 0 spiro atoms. The van der Waals surface area contributed by atoms with Crippen molar-refractivity contribution < 1.29 is 9.90 Å². The lowest BCUT2D eigenvalue weighted by molar-refractivity contribution is 0.0697. The first kappa shape index (κ1) is 14.2. The second-order valence-corrected chi connectivity index (χ2v) is 5.16. The minimum atomic E-state index is -0.950. The number of aromatic nitrogens is 2. The van der Waals surface area contributed by atoms with Gasteiger partial charge in [-0.3, -0.25) is 0 Å². The van der Waals surface area contributed by atoms with Gasteiger partial charge in [0.05, 0.1) is 11.1 Å². The average Bonchev–Trinajstić information content (AvgIpc) is 2.43. The fraction of sp³-hybridized carbons (Fsp3) is 0.400. The first-order chi connectivity index (χ1) is 9.52. The van der Waals surface area contributed by atoms with Crippen molar-refractivity contribution in [1.29, 1.82) is 0 Å². The molecule has 0 saturated heterocycles. The van der Waals surface area contributed by atoms with Crippen molar-refractivity contribution in [2.75, 3.05) is 5.32 Å². The molecule has 5 nitrogen and oxygen atoms in total. The summed E-state index contributed by atoms with van der Waals surface area (Å²) in [6.07, 6.45) is 2.46. The molecule has 0 amide bonds. The standard InChI is InChI=1S/C15H19N3O2/c1-4-12(9(2)3)18-14-11-6-5-10(15(19)20)7-13(11)16-8-17-14/h5-9,12H,4H2,1-3H3,(H,19,20)(H,16,17,18). The highest BCUT2D eigenvalue weighted by Crippen LogP contribution is 2.23. The maximum absolute atomic E-state index is 11.0. The van der Waals surface area contributed by atoms with Gasteiger partial charge in [0.15, 0.2) is 0 Å². The normalized spacial score (nSPS) is 12.6. The predicted molar refractivity (Wildman–Crippen MR) is 79.0 cm³/mol. The third kappa shape index (κ3) is 2.87. The summed E-state index contributed by atoms with van der Waals surface area (Å²) in [6, 6.07) is 5.23. The topological polar surface area (TPSA) is 75.1 Å². The molecule has 0 aliphatic carbocycles. The third-order valence-corrected chi connectivity index (χ3v) is 3.45. The van der Waals surface area contributed by atoms with Crippen LogP contribution < -0.4 is 5.32 Å². The number of rotatable bonds is 5. The first-order valence-corrected chi connectivity index (χ1v) is 6.77. The van der Waals surface area contributed by atoms with E-state index in [4.69, 9.17) is 5.11 Å². The lowest BCUT2D eigenvalue weighted by Gasteiger charge is -2.22. The fourth-order valence-corrected chi connectivity index (χ4v) is 2.22. The fourth-order valence-electron chi connectivity index (χ4n) is 2.22. The van der Waals surface area contributed by atoms with Gasteiger partial charge in [-0.2, -0.15) is 0 Å². The number of aromatic carboxylic acids is 1. The predicted octanol–water partition coefficient (Wildman–Crippen LogP) is 3.17. The summed E-state index contributed by atoms with van der Waals surface area (Å²) < 4.78 is 0. The number of carboxylic acids is 1. The summed E-state index contributed by atoms with van der Waals surface area (Å²) >= 11 is 0. The molecule has 1 atom stereocenters. The highest BCUT2D eigenvalue weighted by molar-refractivity contribution is 5.96. The van der Waals surface area contributed by atoms with Gasteiger partial charge in [-0.05, 0) is 30.5 Å². The Morgan fingerprint density at radius 3 is 2.70 bits per heavy atom. The molecule has 1 heterocycles. The Balaban J connectivity index is 2.42. The van der Waals surface area contributed by atoms with Crippen molar-refractivity contribution in [2.24, 2.45) is 5.92 Å². The molecule has 106 valence electrons. The van der Waals surface area contributed by atoms with Gasteiger partial charge >= 0.3 is 5.97 Å². The number of carboxylic acid groups (broad SMARTS) is 1. The Morgan fingerprint density at radius 2 is 2.10 bits per heavy atom. The van der Waals surface area contributed by atoms with Crippen LogP contribution in [0.2, 0.25) is 0 Å². The molecule has 0 bridgehead atoms. The largest absolute Gasteiger partial charge is 0.478 e. The SMILES string of the molecule is CCC(Nc1ncnc2cc(C(=O)O)ccc12)C(C)C. The number of benzene rings is 1. The van der Waals surface area contributed by atoms with E-state index < -0.39 is 5.97 Å². The van der Waals surface area contributed by atoms with Gasteiger partial charge in [-0.15, -0.1) is 0 Å². The monoisotopic (exact) mass is 273 g/mol. The average molecular weight is 273 g/mol. The van der Waals surface area contributed by atoms with Gasteiger partial charge in [0.1, 0.15) is 12.1 Å². The summed E-state index contributed by atoms with van der Waals surface area (Å²) in [6.45, 7) is 6.45. The maximum atomic E-state index is 11.0. The number of fused-ring (bicyclic) bond motifs is 1. The second-order valence-electron chi connectivity index (χ2n) is 5.16. The van der Waals surface area contributed by atoms with Gasteiger partial charge in [0.25, 0.3) is 0 Å². The molecule has 5 heteroatoms. The second kappa shape index (κ2) is 5.86. The van der Waals surface area contributed by atoms with Crippen molar-refractivity contribution in [2.45, 2.75) is 33.2 Å². The zero-order valence-corrected chi connectivity index (χ0v) is 11.9. The highest BCUT2D eigenvalue weighted by atomic mass is 16.4. The maximum Gasteiger partial charge on any atom is 0.335 e. The van der Waals surface area contributed by atoms with E-state index in [0.717, 1.165) is 17.6 Å². The van der Waals surface area contributed by atoms with Crippen LogP contribution in [0.5, 0.6) is 0 Å². The zero-order chi connectivity index (χ0) is 14.7. The van der Waals surface area contributed by atoms with Crippen LogP contribution in [0, 0.1) is 5.92 Å². The molecule has 1 aromatic carbocycles. The van der Waals surface area contributed by atoms with Crippen LogP contribution in [0.3, 0.4) is 0 Å². The van der Waals surface area contributed by atoms with Crippen molar-refractivity contribution in [3.05, 3.63) is 30.1 Å². The van der Waals surface area contributed by atoms with Crippen LogP contribution in [-0.4, -0.2) is 27.1 Å². The Hall–Kier alpha value is -2.17. The van der Waals surface area contributed by atoms with Crippen LogP contribution in [-0.2, 0) is 0 Å². The highest BCUT2D eigenvalue weighted by Gasteiger charge is 2.14. The van der Waals surface area contributed by atoms with E-state index in [1.165, 1.54) is 6.33 Å². The summed E-state index contributed by atoms with van der Waals surface area (Å²) in [4.78, 5) is 19.4. The Morgan fingerprint density at radius 1 is 1.35 bits per heavy atom. The van der Waals surface area contributed by atoms with Crippen LogP contribution in [0.15, 0.2) is 24.5 Å². The van der Waals surface area contributed by atoms with E-state index in [-0.39, 0.29) is 5.56 Å². The van der Waals surface area contributed by atoms with Gasteiger partial charge in [0.2, 0.25) is 0 Å². The van der Waals surface area contributed by atoms with Crippen molar-refractivity contribution in [1.82, 2.24) is 9.97 Å². The molecule has 2 aromatic rings. The lowest BCUT2D eigenvalue weighted by atomic mass is 10.0. The minimum Gasteiger partial charge on any atom is -0.478 e. The molecule has 0 radical (unpaired) electrons. The minimum absolute atomic E-state index is 0.234. The first-order valence-electron chi connectivity index (χ1n) is 6.77. The summed E-state index contributed by atoms with van der Waals surface area (Å²) in [5.74, 6) is 0.296. The number of hydrogen-bond acceptors (Lipinski definition) is 4. The molecule has 0 fully saturated rings. The molecular weight excluding hydrogens is 254 g/mol. The van der Waals surface area contributed by atoms with Gasteiger partial charge in [0, 0.05) is 11.4 Å². The van der Waals surface area contributed by atoms with Gasteiger partial charge in [-0.1, -0.05) is 20.8 Å². The smallest absolute Gasteiger partial charge is 0.335 e. The molecule has 0 aliphatic rings. The van der Waals surface area contributed by atoms with Crippen LogP contribution >= 0.6 is 0 Å². The van der Waals surface area contributed by atoms with Crippen molar-refractivity contribution in [3.63, 3.8) is 0 Å². The van der Waals surface area contributed by atoms with E-state index in [1.807, 2.05) is 0 Å². The van der Waals surface area contributed by atoms with Crippen LogP contribution in [0.1, 0.15) is 37.6 Å². The molecule has 0 aliphatic heterocycles. The molecule has 2 rings (SSSR count). The van der Waals surface area contributed by atoms with E-state index >= 15 is 0 Å². The number of anilines is 1. The number of nitrogens with zero attached hydrogens (tertiary/aromatic N) is 2. The van der Waals surface area contributed by atoms with Crippen LogP contribution in [0.25, 0.3) is 10.9 Å². The summed E-state index contributed by atoms with van der Waals surface area (Å²) in [7, 11) is 0. The number of nitrogens with one attached hydrogen (secondary N) is 1. The van der Waals surface area contributed by atoms with Gasteiger partial charge in [-0.25, -0.2) is 14.8 Å². The Labute approximate surface area is 118 Å². The quantitative estimate of drug-likeness (QED) is 0.875. The van der Waals surface area contributed by atoms with E-state index in [2.05, 4.69) is 36.1 Å².